The van der Waals surface area contributed by atoms with E-state index in [2.05, 4.69) is 4.72 Å². The van der Waals surface area contributed by atoms with Gasteiger partial charge in [0.25, 0.3) is 10.0 Å². The van der Waals surface area contributed by atoms with E-state index in [4.69, 9.17) is 4.74 Å². The number of hydrogen-bond acceptors (Lipinski definition) is 4. The minimum absolute atomic E-state index is 0.0579. The zero-order valence-electron chi connectivity index (χ0n) is 16.2. The maximum absolute atomic E-state index is 13.5. The van der Waals surface area contributed by atoms with E-state index < -0.39 is 21.3 Å². The van der Waals surface area contributed by atoms with E-state index in [1.807, 2.05) is 6.92 Å². The van der Waals surface area contributed by atoms with E-state index in [0.717, 1.165) is 6.07 Å². The number of halogens is 1. The van der Waals surface area contributed by atoms with Gasteiger partial charge in [-0.1, -0.05) is 6.07 Å². The minimum Gasteiger partial charge on any atom is -0.490 e. The Hall–Kier alpha value is -2.61. The lowest BCUT2D eigenvalue weighted by atomic mass is 9.93. The van der Waals surface area contributed by atoms with Crippen molar-refractivity contribution in [1.29, 1.82) is 0 Å². The molecule has 2 aromatic carbocycles. The number of benzene rings is 2. The molecule has 1 heterocycles. The van der Waals surface area contributed by atoms with E-state index in [0.29, 0.717) is 23.5 Å². The van der Waals surface area contributed by atoms with Crippen LogP contribution in [0.3, 0.4) is 0 Å². The molecular weight excluding hydrogens is 383 g/mol. The number of aryl methyl sites for hydroxylation is 1. The van der Waals surface area contributed by atoms with Crippen LogP contribution in [0.4, 0.5) is 15.8 Å². The number of nitrogens with one attached hydrogen (secondary N) is 1. The molecule has 0 bridgehead atoms. The first-order chi connectivity index (χ1) is 13.0. The Morgan fingerprint density at radius 3 is 2.61 bits per heavy atom. The summed E-state index contributed by atoms with van der Waals surface area (Å²) in [4.78, 5) is 14.2. The summed E-state index contributed by atoms with van der Waals surface area (Å²) in [7, 11) is -3.98. The average molecular weight is 406 g/mol. The number of rotatable bonds is 4. The smallest absolute Gasteiger partial charge is 0.262 e. The fourth-order valence-corrected chi connectivity index (χ4v) is 4.41. The van der Waals surface area contributed by atoms with Gasteiger partial charge in [-0.2, -0.15) is 0 Å². The van der Waals surface area contributed by atoms with Crippen LogP contribution in [0, 0.1) is 18.2 Å². The molecular formula is C20H23FN2O4S. The normalized spacial score (nSPS) is 16.2. The van der Waals surface area contributed by atoms with Crippen LogP contribution < -0.4 is 14.4 Å². The van der Waals surface area contributed by atoms with Gasteiger partial charge >= 0.3 is 0 Å². The number of carbonyl (C=O) groups excluding carboxylic acids is 1. The van der Waals surface area contributed by atoms with Crippen LogP contribution in [0.15, 0.2) is 41.3 Å². The van der Waals surface area contributed by atoms with Gasteiger partial charge in [-0.3, -0.25) is 9.52 Å². The standard InChI is InChI=1S/C20H23FN2O4S/c1-5-23-16-9-8-15(11-17(16)27-12-20(3,4)19(23)24)22-28(25,26)18-10-14(21)7-6-13(18)2/h6-11,22H,5,12H2,1-4H3. The highest BCUT2D eigenvalue weighted by Crippen LogP contribution is 2.38. The Labute approximate surface area is 164 Å². The molecule has 0 saturated carbocycles. The number of hydrogen-bond donors (Lipinski definition) is 1. The number of carbonyl (C=O) groups is 1. The van der Waals surface area contributed by atoms with Gasteiger partial charge < -0.3 is 9.64 Å². The second-order valence-corrected chi connectivity index (χ2v) is 9.07. The van der Waals surface area contributed by atoms with Gasteiger partial charge in [0.05, 0.1) is 21.7 Å². The fourth-order valence-electron chi connectivity index (χ4n) is 3.10. The molecule has 8 heteroatoms. The Morgan fingerprint density at radius 2 is 1.93 bits per heavy atom. The summed E-state index contributed by atoms with van der Waals surface area (Å²) in [5.41, 5.74) is 0.589. The van der Waals surface area contributed by atoms with Gasteiger partial charge in [0.1, 0.15) is 18.2 Å². The zero-order valence-corrected chi connectivity index (χ0v) is 17.1. The molecule has 1 amide bonds. The molecule has 0 aromatic heterocycles. The predicted molar refractivity (Wildman–Crippen MR) is 106 cm³/mol. The highest BCUT2D eigenvalue weighted by atomic mass is 32.2. The second-order valence-electron chi connectivity index (χ2n) is 7.42. The lowest BCUT2D eigenvalue weighted by molar-refractivity contribution is -0.127. The molecule has 2 aromatic rings. The van der Waals surface area contributed by atoms with Gasteiger partial charge in [-0.15, -0.1) is 0 Å². The van der Waals surface area contributed by atoms with Crippen LogP contribution in [0.5, 0.6) is 5.75 Å². The molecule has 1 aliphatic heterocycles. The molecule has 0 radical (unpaired) electrons. The molecule has 0 fully saturated rings. The number of ether oxygens (including phenoxy) is 1. The first kappa shape index (κ1) is 20.1. The minimum atomic E-state index is -3.98. The molecule has 3 rings (SSSR count). The van der Waals surface area contributed by atoms with Crippen molar-refractivity contribution in [3.8, 4) is 5.75 Å². The number of amides is 1. The Balaban J connectivity index is 1.98. The zero-order chi connectivity index (χ0) is 20.7. The molecule has 150 valence electrons. The van der Waals surface area contributed by atoms with Crippen molar-refractivity contribution in [1.82, 2.24) is 0 Å². The lowest BCUT2D eigenvalue weighted by Crippen LogP contribution is -2.42. The van der Waals surface area contributed by atoms with Crippen LogP contribution in [0.2, 0.25) is 0 Å². The van der Waals surface area contributed by atoms with Crippen molar-refractivity contribution in [2.24, 2.45) is 5.41 Å². The molecule has 28 heavy (non-hydrogen) atoms. The molecule has 1 N–H and O–H groups in total. The van der Waals surface area contributed by atoms with Gasteiger partial charge in [0, 0.05) is 12.6 Å². The third kappa shape index (κ3) is 3.69. The number of nitrogens with zero attached hydrogens (tertiary/aromatic N) is 1. The Bertz CT molecular complexity index is 1030. The second kappa shape index (κ2) is 7.09. The monoisotopic (exact) mass is 406 g/mol. The van der Waals surface area contributed by atoms with E-state index >= 15 is 0 Å². The molecule has 1 aliphatic rings. The van der Waals surface area contributed by atoms with Crippen LogP contribution in [0.25, 0.3) is 0 Å². The Morgan fingerprint density at radius 1 is 1.21 bits per heavy atom. The highest BCUT2D eigenvalue weighted by molar-refractivity contribution is 7.92. The fraction of sp³-hybridized carbons (Fsp3) is 0.350. The van der Waals surface area contributed by atoms with Crippen LogP contribution in [0.1, 0.15) is 26.3 Å². The molecule has 0 spiro atoms. The number of sulfonamides is 1. The van der Waals surface area contributed by atoms with E-state index in [1.165, 1.54) is 12.1 Å². The van der Waals surface area contributed by atoms with Crippen molar-refractivity contribution >= 4 is 27.3 Å². The van der Waals surface area contributed by atoms with E-state index in [-0.39, 0.29) is 23.1 Å². The summed E-state index contributed by atoms with van der Waals surface area (Å²) in [5.74, 6) is -0.273. The van der Waals surface area contributed by atoms with Crippen molar-refractivity contribution in [2.75, 3.05) is 22.8 Å². The lowest BCUT2D eigenvalue weighted by Gasteiger charge is -2.26. The van der Waals surface area contributed by atoms with Crippen LogP contribution in [-0.4, -0.2) is 27.5 Å². The van der Waals surface area contributed by atoms with Gasteiger partial charge in [-0.25, -0.2) is 12.8 Å². The summed E-state index contributed by atoms with van der Waals surface area (Å²) in [6.07, 6.45) is 0. The van der Waals surface area contributed by atoms with Gasteiger partial charge in [0.2, 0.25) is 5.91 Å². The quantitative estimate of drug-likeness (QED) is 0.840. The SMILES string of the molecule is CCN1C(=O)C(C)(C)COc2cc(NS(=O)(=O)c3cc(F)ccc3C)ccc21. The summed E-state index contributed by atoms with van der Waals surface area (Å²) in [6.45, 7) is 7.72. The van der Waals surface area contributed by atoms with Crippen LogP contribution >= 0.6 is 0 Å². The summed E-state index contributed by atoms with van der Waals surface area (Å²) in [6, 6.07) is 8.35. The van der Waals surface area contributed by atoms with Gasteiger partial charge in [0.15, 0.2) is 0 Å². The van der Waals surface area contributed by atoms with Crippen molar-refractivity contribution in [2.45, 2.75) is 32.6 Å². The van der Waals surface area contributed by atoms with Crippen molar-refractivity contribution in [3.05, 3.63) is 47.8 Å². The maximum atomic E-state index is 13.5. The molecule has 6 nitrogen and oxygen atoms in total. The summed E-state index contributed by atoms with van der Waals surface area (Å²) < 4.78 is 47.2. The van der Waals surface area contributed by atoms with Crippen LogP contribution in [-0.2, 0) is 14.8 Å². The predicted octanol–water partition coefficient (Wildman–Crippen LogP) is 3.71. The average Bonchev–Trinajstić information content (AvgIpc) is 2.72. The molecule has 0 unspecified atom stereocenters. The summed E-state index contributed by atoms with van der Waals surface area (Å²) in [5, 5.41) is 0. The van der Waals surface area contributed by atoms with E-state index in [9.17, 15) is 17.6 Å². The molecule has 0 aliphatic carbocycles. The Kier molecular flexibility index (Phi) is 5.10. The maximum Gasteiger partial charge on any atom is 0.262 e. The first-order valence-corrected chi connectivity index (χ1v) is 10.4. The third-order valence-electron chi connectivity index (χ3n) is 4.67. The molecule has 0 saturated heterocycles. The van der Waals surface area contributed by atoms with Crippen molar-refractivity contribution in [3.63, 3.8) is 0 Å². The molecule has 0 atom stereocenters. The van der Waals surface area contributed by atoms with Crippen molar-refractivity contribution < 1.29 is 22.3 Å². The topological polar surface area (TPSA) is 75.7 Å². The number of anilines is 2. The summed E-state index contributed by atoms with van der Waals surface area (Å²) >= 11 is 0. The third-order valence-corrected chi connectivity index (χ3v) is 6.19. The van der Waals surface area contributed by atoms with Gasteiger partial charge in [-0.05, 0) is 57.5 Å². The largest absolute Gasteiger partial charge is 0.490 e. The first-order valence-electron chi connectivity index (χ1n) is 8.93. The highest BCUT2D eigenvalue weighted by Gasteiger charge is 2.37. The van der Waals surface area contributed by atoms with E-state index in [1.54, 1.807) is 43.9 Å². The number of fused-ring (bicyclic) bond motifs is 1.